The minimum Gasteiger partial charge on any atom is -0.465 e. The fourth-order valence-electron chi connectivity index (χ4n) is 1.23. The predicted octanol–water partition coefficient (Wildman–Crippen LogP) is 2.69. The van der Waals surface area contributed by atoms with Crippen molar-refractivity contribution in [2.45, 2.75) is 19.8 Å². The molecule has 1 rings (SSSR count). The summed E-state index contributed by atoms with van der Waals surface area (Å²) in [4.78, 5) is 11.5. The minimum absolute atomic E-state index is 0.00921. The molecular formula is C9H10Cl2N2O2. The van der Waals surface area contributed by atoms with Gasteiger partial charge in [0.1, 0.15) is 5.56 Å². The summed E-state index contributed by atoms with van der Waals surface area (Å²) in [6.45, 7) is 3.76. The molecule has 0 aromatic carbocycles. The predicted molar refractivity (Wildman–Crippen MR) is 57.5 cm³/mol. The number of ether oxygens (including phenoxy) is 1. The summed E-state index contributed by atoms with van der Waals surface area (Å²) in [6.07, 6.45) is 0. The van der Waals surface area contributed by atoms with Crippen molar-refractivity contribution in [2.24, 2.45) is 0 Å². The van der Waals surface area contributed by atoms with E-state index in [9.17, 15) is 4.79 Å². The third-order valence-electron chi connectivity index (χ3n) is 1.89. The van der Waals surface area contributed by atoms with Gasteiger partial charge in [-0.2, -0.15) is 0 Å². The van der Waals surface area contributed by atoms with Gasteiger partial charge in [0.2, 0.25) is 0 Å². The van der Waals surface area contributed by atoms with Crippen molar-refractivity contribution < 1.29 is 9.53 Å². The molecule has 0 N–H and O–H groups in total. The van der Waals surface area contributed by atoms with Crippen LogP contribution in [0.2, 0.25) is 10.3 Å². The van der Waals surface area contributed by atoms with Crippen molar-refractivity contribution in [3.63, 3.8) is 0 Å². The lowest BCUT2D eigenvalue weighted by Gasteiger charge is -2.12. The minimum atomic E-state index is -0.555. The zero-order valence-corrected chi connectivity index (χ0v) is 10.1. The van der Waals surface area contributed by atoms with Crippen molar-refractivity contribution in [2.75, 3.05) is 7.11 Å². The van der Waals surface area contributed by atoms with Crippen LogP contribution in [0.3, 0.4) is 0 Å². The average Bonchev–Trinajstić information content (AvgIpc) is 2.19. The molecule has 1 aromatic heterocycles. The molecule has 82 valence electrons. The number of aromatic nitrogens is 2. The second kappa shape index (κ2) is 4.77. The molecule has 1 aromatic rings. The van der Waals surface area contributed by atoms with Crippen LogP contribution in [0, 0.1) is 0 Å². The molecule has 0 spiro atoms. The molecule has 0 fully saturated rings. The van der Waals surface area contributed by atoms with E-state index in [4.69, 9.17) is 23.2 Å². The van der Waals surface area contributed by atoms with E-state index in [0.717, 1.165) is 0 Å². The Balaban J connectivity index is 3.45. The van der Waals surface area contributed by atoms with Gasteiger partial charge in [0.05, 0.1) is 7.11 Å². The van der Waals surface area contributed by atoms with Crippen LogP contribution < -0.4 is 0 Å². The van der Waals surface area contributed by atoms with Crippen molar-refractivity contribution in [3.8, 4) is 0 Å². The first kappa shape index (κ1) is 12.2. The number of carbonyl (C=O) groups is 1. The maximum atomic E-state index is 11.5. The summed E-state index contributed by atoms with van der Waals surface area (Å²) in [5.74, 6) is -0.542. The highest BCUT2D eigenvalue weighted by molar-refractivity contribution is 6.34. The lowest BCUT2D eigenvalue weighted by Crippen LogP contribution is -2.11. The summed E-state index contributed by atoms with van der Waals surface area (Å²) in [7, 11) is 1.27. The first-order chi connectivity index (χ1) is 6.99. The Morgan fingerprint density at radius 2 is 1.80 bits per heavy atom. The Labute approximate surface area is 97.5 Å². The molecule has 0 aliphatic carbocycles. The molecule has 6 heteroatoms. The molecule has 0 amide bonds. The largest absolute Gasteiger partial charge is 0.465 e. The molecule has 0 saturated carbocycles. The number of nitrogens with zero attached hydrogens (tertiary/aromatic N) is 2. The van der Waals surface area contributed by atoms with Gasteiger partial charge in [-0.3, -0.25) is 0 Å². The van der Waals surface area contributed by atoms with Crippen LogP contribution in [0.4, 0.5) is 0 Å². The SMILES string of the molecule is COC(=O)c1c(Cl)nnc(Cl)c1C(C)C. The number of halogens is 2. The maximum Gasteiger partial charge on any atom is 0.341 e. The van der Waals surface area contributed by atoms with Crippen molar-refractivity contribution in [1.82, 2.24) is 10.2 Å². The Kier molecular flexibility index (Phi) is 3.88. The zero-order chi connectivity index (χ0) is 11.6. The van der Waals surface area contributed by atoms with Crippen LogP contribution in [0.1, 0.15) is 35.7 Å². The molecule has 0 radical (unpaired) electrons. The van der Waals surface area contributed by atoms with Crippen LogP contribution in [0.5, 0.6) is 0 Å². The normalized spacial score (nSPS) is 10.5. The highest BCUT2D eigenvalue weighted by atomic mass is 35.5. The molecular weight excluding hydrogens is 239 g/mol. The lowest BCUT2D eigenvalue weighted by molar-refractivity contribution is 0.0598. The highest BCUT2D eigenvalue weighted by Crippen LogP contribution is 2.29. The Morgan fingerprint density at radius 1 is 1.27 bits per heavy atom. The van der Waals surface area contributed by atoms with Gasteiger partial charge in [-0.1, -0.05) is 37.0 Å². The fourth-order valence-corrected chi connectivity index (χ4v) is 1.80. The van der Waals surface area contributed by atoms with Crippen molar-refractivity contribution in [3.05, 3.63) is 21.4 Å². The molecule has 4 nitrogen and oxygen atoms in total. The Morgan fingerprint density at radius 3 is 2.27 bits per heavy atom. The molecule has 15 heavy (non-hydrogen) atoms. The molecule has 0 saturated heterocycles. The molecule has 1 heterocycles. The van der Waals surface area contributed by atoms with E-state index in [0.29, 0.717) is 5.56 Å². The molecule has 0 atom stereocenters. The van der Waals surface area contributed by atoms with E-state index in [1.807, 2.05) is 13.8 Å². The van der Waals surface area contributed by atoms with Gasteiger partial charge in [-0.15, -0.1) is 10.2 Å². The van der Waals surface area contributed by atoms with Crippen LogP contribution in [-0.4, -0.2) is 23.3 Å². The molecule has 0 aliphatic rings. The number of rotatable bonds is 2. The van der Waals surface area contributed by atoms with Gasteiger partial charge in [0, 0.05) is 5.56 Å². The Bertz CT molecular complexity index is 394. The smallest absolute Gasteiger partial charge is 0.341 e. The van der Waals surface area contributed by atoms with Gasteiger partial charge in [-0.05, 0) is 5.92 Å². The number of carbonyl (C=O) groups excluding carboxylic acids is 1. The molecule has 0 unspecified atom stereocenters. The highest BCUT2D eigenvalue weighted by Gasteiger charge is 2.23. The number of methoxy groups -OCH3 is 1. The quantitative estimate of drug-likeness (QED) is 0.756. The topological polar surface area (TPSA) is 52.1 Å². The van der Waals surface area contributed by atoms with Crippen molar-refractivity contribution >= 4 is 29.2 Å². The maximum absolute atomic E-state index is 11.5. The van der Waals surface area contributed by atoms with Crippen LogP contribution >= 0.6 is 23.2 Å². The van der Waals surface area contributed by atoms with Gasteiger partial charge >= 0.3 is 5.97 Å². The van der Waals surface area contributed by atoms with Gasteiger partial charge < -0.3 is 4.74 Å². The molecule has 0 aliphatic heterocycles. The second-order valence-corrected chi connectivity index (χ2v) is 3.93. The number of hydrogen-bond acceptors (Lipinski definition) is 4. The van der Waals surface area contributed by atoms with Gasteiger partial charge in [-0.25, -0.2) is 4.79 Å². The van der Waals surface area contributed by atoms with Crippen LogP contribution in [0.15, 0.2) is 0 Å². The van der Waals surface area contributed by atoms with E-state index in [1.54, 1.807) is 0 Å². The third kappa shape index (κ3) is 2.38. The number of hydrogen-bond donors (Lipinski definition) is 0. The average molecular weight is 249 g/mol. The van der Waals surface area contributed by atoms with Crippen LogP contribution in [0.25, 0.3) is 0 Å². The van der Waals surface area contributed by atoms with E-state index in [1.165, 1.54) is 7.11 Å². The second-order valence-electron chi connectivity index (χ2n) is 3.22. The summed E-state index contributed by atoms with van der Waals surface area (Å²) in [5.41, 5.74) is 0.748. The summed E-state index contributed by atoms with van der Waals surface area (Å²) in [5, 5.41) is 7.41. The van der Waals surface area contributed by atoms with E-state index in [2.05, 4.69) is 14.9 Å². The monoisotopic (exact) mass is 248 g/mol. The fraction of sp³-hybridized carbons (Fsp3) is 0.444. The van der Waals surface area contributed by atoms with E-state index in [-0.39, 0.29) is 21.8 Å². The first-order valence-electron chi connectivity index (χ1n) is 4.29. The third-order valence-corrected chi connectivity index (χ3v) is 2.43. The summed E-state index contributed by atoms with van der Waals surface area (Å²) in [6, 6.07) is 0. The van der Waals surface area contributed by atoms with Gasteiger partial charge in [0.25, 0.3) is 0 Å². The zero-order valence-electron chi connectivity index (χ0n) is 8.54. The van der Waals surface area contributed by atoms with E-state index >= 15 is 0 Å². The lowest BCUT2D eigenvalue weighted by atomic mass is 10.0. The first-order valence-corrected chi connectivity index (χ1v) is 5.04. The standard InChI is InChI=1S/C9H10Cl2N2O2/c1-4(2)5-6(9(14)15-3)8(11)13-12-7(5)10/h4H,1-3H3. The van der Waals surface area contributed by atoms with Crippen molar-refractivity contribution in [1.29, 1.82) is 0 Å². The van der Waals surface area contributed by atoms with E-state index < -0.39 is 5.97 Å². The Hall–Kier alpha value is -0.870. The molecule has 0 bridgehead atoms. The van der Waals surface area contributed by atoms with Gasteiger partial charge in [0.15, 0.2) is 10.3 Å². The number of esters is 1. The summed E-state index contributed by atoms with van der Waals surface area (Å²) >= 11 is 11.6. The summed E-state index contributed by atoms with van der Waals surface area (Å²) < 4.78 is 4.61. The van der Waals surface area contributed by atoms with Crippen LogP contribution in [-0.2, 0) is 4.74 Å².